The number of hydrogen-bond donors (Lipinski definition) is 0. The first-order valence-electron chi connectivity index (χ1n) is 18.7. The minimum atomic E-state index is 0.735. The average Bonchev–Trinajstić information content (AvgIpc) is 3.66. The van der Waals surface area contributed by atoms with E-state index >= 15 is 0 Å². The smallest absolute Gasteiger partial charge is 0.179 e. The zero-order valence-electron chi connectivity index (χ0n) is 29.9. The first kappa shape index (κ1) is 31.2. The largest absolute Gasteiger partial charge is 0.290 e. The Morgan fingerprint density at radius 2 is 0.909 bits per heavy atom. The van der Waals surface area contributed by atoms with Crippen molar-refractivity contribution < 1.29 is 0 Å². The summed E-state index contributed by atoms with van der Waals surface area (Å²) in [6, 6.07) is 69.9. The van der Waals surface area contributed by atoms with Crippen LogP contribution in [0.2, 0.25) is 0 Å². The molecule has 0 bridgehead atoms. The molecule has 0 atom stereocenters. The van der Waals surface area contributed by atoms with Crippen LogP contribution in [0.25, 0.3) is 105 Å². The van der Waals surface area contributed by atoms with Crippen LogP contribution in [-0.2, 0) is 0 Å². The maximum atomic E-state index is 5.09. The molecule has 0 aliphatic carbocycles. The molecule has 2 heterocycles. The number of rotatable bonds is 5. The predicted octanol–water partition coefficient (Wildman–Crippen LogP) is 13.7. The van der Waals surface area contributed by atoms with E-state index in [1.807, 2.05) is 12.3 Å². The Kier molecular flexibility index (Phi) is 7.17. The van der Waals surface area contributed by atoms with Crippen molar-refractivity contribution in [2.45, 2.75) is 0 Å². The highest BCUT2D eigenvalue weighted by Gasteiger charge is 2.20. The third kappa shape index (κ3) is 5.13. The molecule has 256 valence electrons. The van der Waals surface area contributed by atoms with Crippen molar-refractivity contribution in [3.05, 3.63) is 200 Å². The maximum absolute atomic E-state index is 5.09. The third-order valence-corrected chi connectivity index (χ3v) is 11.0. The number of hydrogen-bond acceptors (Lipinski definition) is 2. The van der Waals surface area contributed by atoms with Crippen LogP contribution in [0.1, 0.15) is 0 Å². The zero-order valence-corrected chi connectivity index (χ0v) is 29.9. The van der Waals surface area contributed by atoms with E-state index in [4.69, 9.17) is 9.97 Å². The summed E-state index contributed by atoms with van der Waals surface area (Å²) >= 11 is 0. The van der Waals surface area contributed by atoms with Gasteiger partial charge in [0.25, 0.3) is 0 Å². The first-order chi connectivity index (χ1) is 27.3. The molecular weight excluding hydrogens is 667 g/mol. The SMILES string of the molecule is c1ccc(-c2c3ccccc3c(-c3ccc4ccccc4c3)c3ccc(-c4ccc(-n5c(-c6ccccc6)nc6ncc7ccccc7c65)cc4)cc23)cc1. The third-order valence-electron chi connectivity index (χ3n) is 11.0. The van der Waals surface area contributed by atoms with E-state index in [1.165, 1.54) is 60.1 Å². The van der Waals surface area contributed by atoms with Crippen LogP contribution in [0.3, 0.4) is 0 Å². The number of fused-ring (bicyclic) bond motifs is 6. The minimum Gasteiger partial charge on any atom is -0.290 e. The fraction of sp³-hybridized carbons (Fsp3) is 0. The second kappa shape index (κ2) is 12.6. The molecular formula is C52H33N3. The lowest BCUT2D eigenvalue weighted by atomic mass is 9.84. The average molecular weight is 700 g/mol. The van der Waals surface area contributed by atoms with Gasteiger partial charge < -0.3 is 0 Å². The first-order valence-corrected chi connectivity index (χ1v) is 18.7. The van der Waals surface area contributed by atoms with Crippen molar-refractivity contribution >= 4 is 54.3 Å². The highest BCUT2D eigenvalue weighted by atomic mass is 15.1. The summed E-state index contributed by atoms with van der Waals surface area (Å²) in [6.45, 7) is 0. The highest BCUT2D eigenvalue weighted by molar-refractivity contribution is 6.22. The Balaban J connectivity index is 1.12. The lowest BCUT2D eigenvalue weighted by molar-refractivity contribution is 1.11. The minimum absolute atomic E-state index is 0.735. The zero-order chi connectivity index (χ0) is 36.3. The molecule has 0 unspecified atom stereocenters. The van der Waals surface area contributed by atoms with Crippen LogP contribution in [-0.4, -0.2) is 14.5 Å². The molecule has 9 aromatic carbocycles. The van der Waals surface area contributed by atoms with Crippen molar-refractivity contribution in [2.24, 2.45) is 0 Å². The molecule has 0 N–H and O–H groups in total. The number of pyridine rings is 1. The molecule has 0 radical (unpaired) electrons. The van der Waals surface area contributed by atoms with Gasteiger partial charge in [0.15, 0.2) is 5.65 Å². The number of benzene rings is 9. The summed E-state index contributed by atoms with van der Waals surface area (Å²) in [6.07, 6.45) is 1.92. The van der Waals surface area contributed by atoms with Crippen LogP contribution < -0.4 is 0 Å². The van der Waals surface area contributed by atoms with E-state index in [-0.39, 0.29) is 0 Å². The fourth-order valence-electron chi connectivity index (χ4n) is 8.46. The standard InChI is InChI=1S/C52H33N3/c1-3-14-36(15-4-1)48-44-21-11-12-22-45(44)49(40-24-23-34-13-7-8-18-38(34)31-40)46-30-27-39(32-47(46)48)35-25-28-42(29-26-35)55-50-43-20-10-9-19-41(43)33-53-51(50)54-52(55)37-16-5-2-6-17-37/h1-33H. The molecule has 3 heteroatoms. The molecule has 0 fully saturated rings. The van der Waals surface area contributed by atoms with Gasteiger partial charge in [0.2, 0.25) is 0 Å². The summed E-state index contributed by atoms with van der Waals surface area (Å²) in [5.41, 5.74) is 11.1. The van der Waals surface area contributed by atoms with E-state index in [1.54, 1.807) is 0 Å². The second-order valence-electron chi connectivity index (χ2n) is 14.2. The van der Waals surface area contributed by atoms with E-state index in [9.17, 15) is 0 Å². The molecule has 0 aliphatic rings. The Bertz CT molecular complexity index is 3230. The van der Waals surface area contributed by atoms with E-state index in [0.717, 1.165) is 44.6 Å². The predicted molar refractivity (Wildman–Crippen MR) is 231 cm³/mol. The topological polar surface area (TPSA) is 30.7 Å². The lowest BCUT2D eigenvalue weighted by Gasteiger charge is -2.19. The Morgan fingerprint density at radius 3 is 1.65 bits per heavy atom. The second-order valence-corrected chi connectivity index (χ2v) is 14.2. The molecule has 11 aromatic rings. The summed E-state index contributed by atoms with van der Waals surface area (Å²) in [5.74, 6) is 0.874. The van der Waals surface area contributed by atoms with Gasteiger partial charge in [0.1, 0.15) is 11.3 Å². The van der Waals surface area contributed by atoms with Gasteiger partial charge >= 0.3 is 0 Å². The van der Waals surface area contributed by atoms with Crippen LogP contribution in [0.15, 0.2) is 200 Å². The van der Waals surface area contributed by atoms with Crippen molar-refractivity contribution in [1.82, 2.24) is 14.5 Å². The molecule has 0 aliphatic heterocycles. The van der Waals surface area contributed by atoms with Gasteiger partial charge in [-0.3, -0.25) is 4.57 Å². The Labute approximate surface area is 318 Å². The summed E-state index contributed by atoms with van der Waals surface area (Å²) in [5, 5.41) is 9.69. The summed E-state index contributed by atoms with van der Waals surface area (Å²) < 4.78 is 2.26. The van der Waals surface area contributed by atoms with Gasteiger partial charge in [-0.2, -0.15) is 0 Å². The van der Waals surface area contributed by atoms with Crippen molar-refractivity contribution in [3.8, 4) is 50.5 Å². The summed E-state index contributed by atoms with van der Waals surface area (Å²) in [7, 11) is 0. The number of nitrogens with zero attached hydrogens (tertiary/aromatic N) is 3. The van der Waals surface area contributed by atoms with Gasteiger partial charge in [0, 0.05) is 28.2 Å². The number of aromatic nitrogens is 3. The molecule has 2 aromatic heterocycles. The van der Waals surface area contributed by atoms with Gasteiger partial charge in [-0.1, -0.05) is 170 Å². The quantitative estimate of drug-likeness (QED) is 0.167. The monoisotopic (exact) mass is 699 g/mol. The molecule has 0 saturated carbocycles. The molecule has 0 spiro atoms. The van der Waals surface area contributed by atoms with Crippen LogP contribution in [0.5, 0.6) is 0 Å². The van der Waals surface area contributed by atoms with Crippen LogP contribution in [0.4, 0.5) is 0 Å². The maximum Gasteiger partial charge on any atom is 0.179 e. The summed E-state index contributed by atoms with van der Waals surface area (Å²) in [4.78, 5) is 9.89. The van der Waals surface area contributed by atoms with E-state index in [0.29, 0.717) is 0 Å². The van der Waals surface area contributed by atoms with Gasteiger partial charge in [0.05, 0.1) is 0 Å². The van der Waals surface area contributed by atoms with Crippen molar-refractivity contribution in [1.29, 1.82) is 0 Å². The molecule has 3 nitrogen and oxygen atoms in total. The van der Waals surface area contributed by atoms with Gasteiger partial charge in [-0.25, -0.2) is 9.97 Å². The van der Waals surface area contributed by atoms with Crippen molar-refractivity contribution in [2.75, 3.05) is 0 Å². The van der Waals surface area contributed by atoms with Crippen LogP contribution in [0, 0.1) is 0 Å². The normalized spacial score (nSPS) is 11.6. The van der Waals surface area contributed by atoms with Crippen LogP contribution >= 0.6 is 0 Å². The number of imidazole rings is 1. The van der Waals surface area contributed by atoms with Crippen molar-refractivity contribution in [3.63, 3.8) is 0 Å². The molecule has 0 amide bonds. The fourth-order valence-corrected chi connectivity index (χ4v) is 8.46. The lowest BCUT2D eigenvalue weighted by Crippen LogP contribution is -1.98. The Hall–Kier alpha value is -7.36. The highest BCUT2D eigenvalue weighted by Crippen LogP contribution is 2.45. The molecule has 0 saturated heterocycles. The van der Waals surface area contributed by atoms with Gasteiger partial charge in [-0.15, -0.1) is 0 Å². The van der Waals surface area contributed by atoms with E-state index < -0.39 is 0 Å². The molecule has 11 rings (SSSR count). The Morgan fingerprint density at radius 1 is 0.345 bits per heavy atom. The van der Waals surface area contributed by atoms with E-state index in [2.05, 4.69) is 193 Å². The molecule has 55 heavy (non-hydrogen) atoms. The van der Waals surface area contributed by atoms with Gasteiger partial charge in [-0.05, 0) is 90.0 Å².